The minimum atomic E-state index is 0.179. The van der Waals surface area contributed by atoms with Crippen LogP contribution in [0.3, 0.4) is 0 Å². The van der Waals surface area contributed by atoms with Crippen LogP contribution >= 0.6 is 23.4 Å². The maximum Gasteiger partial charge on any atom is 0.225 e. The van der Waals surface area contributed by atoms with Crippen molar-refractivity contribution in [3.63, 3.8) is 0 Å². The molecule has 0 radical (unpaired) electrons. The standard InChI is InChI=1S/C14H8ClN5S/c15-14-19-12-11(16-7-17-12)13(20-14)21-10-6-5-8-3-1-2-4-9(8)18-10/h1-7H,(H,16,17,19,20). The van der Waals surface area contributed by atoms with Crippen molar-refractivity contribution in [2.45, 2.75) is 10.1 Å². The topological polar surface area (TPSA) is 67.3 Å². The Morgan fingerprint density at radius 1 is 1.00 bits per heavy atom. The van der Waals surface area contributed by atoms with E-state index < -0.39 is 0 Å². The van der Waals surface area contributed by atoms with Crippen molar-refractivity contribution < 1.29 is 0 Å². The first-order valence-corrected chi connectivity index (χ1v) is 7.39. The van der Waals surface area contributed by atoms with E-state index in [1.165, 1.54) is 11.8 Å². The van der Waals surface area contributed by atoms with Crippen molar-refractivity contribution in [1.29, 1.82) is 0 Å². The van der Waals surface area contributed by atoms with Crippen LogP contribution in [0.5, 0.6) is 0 Å². The Balaban J connectivity index is 1.80. The Kier molecular flexibility index (Phi) is 2.98. The molecule has 1 N–H and O–H groups in total. The maximum absolute atomic E-state index is 5.93. The number of nitrogens with one attached hydrogen (secondary N) is 1. The molecule has 0 aliphatic carbocycles. The summed E-state index contributed by atoms with van der Waals surface area (Å²) in [6.45, 7) is 0. The van der Waals surface area contributed by atoms with Crippen LogP contribution in [0.1, 0.15) is 0 Å². The molecule has 4 aromatic rings. The predicted octanol–water partition coefficient (Wildman–Crippen LogP) is 3.71. The van der Waals surface area contributed by atoms with Crippen molar-refractivity contribution in [2.75, 3.05) is 0 Å². The first kappa shape index (κ1) is 12.6. The van der Waals surface area contributed by atoms with Crippen LogP contribution in [-0.4, -0.2) is 24.9 Å². The molecule has 0 atom stereocenters. The van der Waals surface area contributed by atoms with E-state index in [2.05, 4.69) is 24.9 Å². The third kappa shape index (κ3) is 2.32. The molecule has 0 fully saturated rings. The average Bonchev–Trinajstić information content (AvgIpc) is 2.95. The van der Waals surface area contributed by atoms with Gasteiger partial charge in [0.2, 0.25) is 5.28 Å². The highest BCUT2D eigenvalue weighted by Crippen LogP contribution is 2.30. The number of imidazole rings is 1. The molecule has 102 valence electrons. The second-order valence-corrected chi connectivity index (χ2v) is 5.69. The number of benzene rings is 1. The highest BCUT2D eigenvalue weighted by atomic mass is 35.5. The normalized spacial score (nSPS) is 11.3. The fourth-order valence-electron chi connectivity index (χ4n) is 2.06. The number of para-hydroxylation sites is 1. The number of pyridine rings is 1. The van der Waals surface area contributed by atoms with Gasteiger partial charge in [0.15, 0.2) is 5.65 Å². The summed E-state index contributed by atoms with van der Waals surface area (Å²) < 4.78 is 0. The van der Waals surface area contributed by atoms with E-state index in [0.29, 0.717) is 10.7 Å². The Morgan fingerprint density at radius 2 is 1.90 bits per heavy atom. The van der Waals surface area contributed by atoms with Crippen LogP contribution in [0, 0.1) is 0 Å². The summed E-state index contributed by atoms with van der Waals surface area (Å²) >= 11 is 7.36. The van der Waals surface area contributed by atoms with E-state index in [1.807, 2.05) is 36.4 Å². The summed E-state index contributed by atoms with van der Waals surface area (Å²) in [5, 5.41) is 2.84. The Bertz CT molecular complexity index is 952. The number of hydrogen-bond donors (Lipinski definition) is 1. The monoisotopic (exact) mass is 313 g/mol. The molecule has 4 rings (SSSR count). The van der Waals surface area contributed by atoms with Crippen molar-refractivity contribution >= 4 is 45.4 Å². The van der Waals surface area contributed by atoms with E-state index in [0.717, 1.165) is 21.4 Å². The van der Waals surface area contributed by atoms with Gasteiger partial charge in [-0.1, -0.05) is 24.3 Å². The fraction of sp³-hybridized carbons (Fsp3) is 0. The molecule has 0 spiro atoms. The van der Waals surface area contributed by atoms with Crippen LogP contribution in [0.25, 0.3) is 22.1 Å². The SMILES string of the molecule is Clc1nc(Sc2ccc3ccccc3n2)c2[nH]cnc2n1. The third-order valence-corrected chi connectivity index (χ3v) is 4.09. The summed E-state index contributed by atoms with van der Waals surface area (Å²) in [6.07, 6.45) is 1.58. The van der Waals surface area contributed by atoms with E-state index in [-0.39, 0.29) is 5.28 Å². The van der Waals surface area contributed by atoms with Gasteiger partial charge in [-0.05, 0) is 35.5 Å². The predicted molar refractivity (Wildman–Crippen MR) is 82.6 cm³/mol. The molecular formula is C14H8ClN5S. The fourth-order valence-corrected chi connectivity index (χ4v) is 3.14. The van der Waals surface area contributed by atoms with Crippen LogP contribution in [-0.2, 0) is 0 Å². The highest BCUT2D eigenvalue weighted by molar-refractivity contribution is 7.99. The molecule has 3 aromatic heterocycles. The van der Waals surface area contributed by atoms with Crippen LogP contribution < -0.4 is 0 Å². The maximum atomic E-state index is 5.93. The Labute approximate surface area is 128 Å². The summed E-state index contributed by atoms with van der Waals surface area (Å²) in [5.74, 6) is 0. The molecule has 0 bridgehead atoms. The van der Waals surface area contributed by atoms with Crippen molar-refractivity contribution in [2.24, 2.45) is 0 Å². The second-order valence-electron chi connectivity index (χ2n) is 4.34. The van der Waals surface area contributed by atoms with Crippen molar-refractivity contribution in [3.8, 4) is 0 Å². The molecule has 0 saturated heterocycles. The Hall–Kier alpha value is -2.18. The number of halogens is 1. The van der Waals surface area contributed by atoms with Gasteiger partial charge in [-0.2, -0.15) is 4.98 Å². The van der Waals surface area contributed by atoms with Crippen molar-refractivity contribution in [1.82, 2.24) is 24.9 Å². The third-order valence-electron chi connectivity index (χ3n) is 3.00. The van der Waals surface area contributed by atoms with E-state index in [9.17, 15) is 0 Å². The molecule has 0 saturated carbocycles. The van der Waals surface area contributed by atoms with Gasteiger partial charge in [-0.15, -0.1) is 0 Å². The van der Waals surface area contributed by atoms with Crippen LogP contribution in [0.15, 0.2) is 52.8 Å². The van der Waals surface area contributed by atoms with Gasteiger partial charge in [-0.25, -0.2) is 15.0 Å². The van der Waals surface area contributed by atoms with Gasteiger partial charge in [0.25, 0.3) is 0 Å². The molecule has 1 aromatic carbocycles. The quantitative estimate of drug-likeness (QED) is 0.451. The van der Waals surface area contributed by atoms with E-state index in [4.69, 9.17) is 11.6 Å². The van der Waals surface area contributed by atoms with Gasteiger partial charge in [0.05, 0.1) is 11.8 Å². The summed E-state index contributed by atoms with van der Waals surface area (Å²) in [6, 6.07) is 12.0. The lowest BCUT2D eigenvalue weighted by Crippen LogP contribution is -1.90. The molecule has 3 heterocycles. The molecular weight excluding hydrogens is 306 g/mol. The molecule has 0 amide bonds. The van der Waals surface area contributed by atoms with E-state index in [1.54, 1.807) is 6.33 Å². The number of H-pyrrole nitrogens is 1. The number of aromatic nitrogens is 5. The number of nitrogens with zero attached hydrogens (tertiary/aromatic N) is 4. The smallest absolute Gasteiger partial charge is 0.225 e. The molecule has 0 unspecified atom stereocenters. The zero-order chi connectivity index (χ0) is 14.2. The highest BCUT2D eigenvalue weighted by Gasteiger charge is 2.11. The average molecular weight is 314 g/mol. The summed E-state index contributed by atoms with van der Waals surface area (Å²) in [4.78, 5) is 20.1. The zero-order valence-corrected chi connectivity index (χ0v) is 12.2. The first-order valence-electron chi connectivity index (χ1n) is 6.20. The largest absolute Gasteiger partial charge is 0.341 e. The minimum Gasteiger partial charge on any atom is -0.341 e. The summed E-state index contributed by atoms with van der Waals surface area (Å²) in [5.41, 5.74) is 2.26. The van der Waals surface area contributed by atoms with Gasteiger partial charge in [-0.3, -0.25) is 0 Å². The lowest BCUT2D eigenvalue weighted by atomic mass is 10.2. The molecule has 21 heavy (non-hydrogen) atoms. The zero-order valence-electron chi connectivity index (χ0n) is 10.6. The second kappa shape index (κ2) is 4.98. The summed E-state index contributed by atoms with van der Waals surface area (Å²) in [7, 11) is 0. The van der Waals surface area contributed by atoms with Gasteiger partial charge >= 0.3 is 0 Å². The van der Waals surface area contributed by atoms with Gasteiger partial charge in [0.1, 0.15) is 15.6 Å². The molecule has 0 aliphatic heterocycles. The number of aromatic amines is 1. The number of hydrogen-bond acceptors (Lipinski definition) is 5. The Morgan fingerprint density at radius 3 is 2.86 bits per heavy atom. The number of fused-ring (bicyclic) bond motifs is 2. The first-order chi connectivity index (χ1) is 10.3. The van der Waals surface area contributed by atoms with Crippen LogP contribution in [0.2, 0.25) is 5.28 Å². The van der Waals surface area contributed by atoms with Gasteiger partial charge in [0, 0.05) is 5.39 Å². The molecule has 0 aliphatic rings. The molecule has 7 heteroatoms. The lowest BCUT2D eigenvalue weighted by molar-refractivity contribution is 1.08. The lowest BCUT2D eigenvalue weighted by Gasteiger charge is -2.03. The van der Waals surface area contributed by atoms with Crippen LogP contribution in [0.4, 0.5) is 0 Å². The van der Waals surface area contributed by atoms with Gasteiger partial charge < -0.3 is 4.98 Å². The van der Waals surface area contributed by atoms with E-state index >= 15 is 0 Å². The van der Waals surface area contributed by atoms with Crippen molar-refractivity contribution in [3.05, 3.63) is 48.0 Å². The number of rotatable bonds is 2. The molecule has 5 nitrogen and oxygen atoms in total. The minimum absolute atomic E-state index is 0.179.